The van der Waals surface area contributed by atoms with Crippen LogP contribution in [-0.2, 0) is 14.2 Å². The Morgan fingerprint density at radius 2 is 2.09 bits per heavy atom. The van der Waals surface area contributed by atoms with Crippen LogP contribution in [0.1, 0.15) is 26.2 Å². The number of hydrogen-bond acceptors (Lipinski definition) is 5. The van der Waals surface area contributed by atoms with Crippen molar-refractivity contribution < 1.29 is 19.0 Å². The lowest BCUT2D eigenvalue weighted by Gasteiger charge is -2.38. The minimum atomic E-state index is -0.211. The molecule has 0 aromatic rings. The van der Waals surface area contributed by atoms with E-state index in [9.17, 15) is 4.79 Å². The quantitative estimate of drug-likeness (QED) is 0.824. The van der Waals surface area contributed by atoms with E-state index in [0.29, 0.717) is 25.2 Å². The topological polar surface area (TPSA) is 60.0 Å². The van der Waals surface area contributed by atoms with E-state index in [-0.39, 0.29) is 30.2 Å². The Kier molecular flexibility index (Phi) is 5.94. The fourth-order valence-electron chi connectivity index (χ4n) is 2.78. The number of nitrogens with one attached hydrogen (secondary N) is 1. The Bertz CT molecular complexity index is 388. The van der Waals surface area contributed by atoms with Crippen LogP contribution >= 0.6 is 12.4 Å². The van der Waals surface area contributed by atoms with Crippen molar-refractivity contribution in [3.05, 3.63) is 0 Å². The Balaban J connectivity index is 0.00000176. The molecule has 3 fully saturated rings. The number of nitrogens with zero attached hydrogens (tertiary/aromatic N) is 1. The average molecular weight is 335 g/mol. The van der Waals surface area contributed by atoms with Gasteiger partial charge in [-0.3, -0.25) is 0 Å². The Morgan fingerprint density at radius 3 is 2.64 bits per heavy atom. The maximum atomic E-state index is 12.2. The molecule has 3 aliphatic rings. The van der Waals surface area contributed by atoms with Crippen LogP contribution in [0.25, 0.3) is 0 Å². The molecular formula is C15H27ClN2O4. The highest BCUT2D eigenvalue weighted by atomic mass is 35.5. The van der Waals surface area contributed by atoms with Gasteiger partial charge < -0.3 is 24.4 Å². The van der Waals surface area contributed by atoms with Gasteiger partial charge >= 0.3 is 6.09 Å². The van der Waals surface area contributed by atoms with Crippen molar-refractivity contribution in [3.8, 4) is 0 Å². The number of piperidine rings is 1. The van der Waals surface area contributed by atoms with Crippen LogP contribution in [0.5, 0.6) is 0 Å². The Hall–Kier alpha value is -0.560. The molecule has 7 heteroatoms. The minimum absolute atomic E-state index is 0. The molecule has 2 atom stereocenters. The summed E-state index contributed by atoms with van der Waals surface area (Å²) in [4.78, 5) is 13.9. The van der Waals surface area contributed by atoms with E-state index in [4.69, 9.17) is 14.2 Å². The molecule has 0 radical (unpaired) electrons. The van der Waals surface area contributed by atoms with Gasteiger partial charge in [-0.1, -0.05) is 0 Å². The van der Waals surface area contributed by atoms with E-state index in [2.05, 4.69) is 5.32 Å². The fraction of sp³-hybridized carbons (Fsp3) is 0.933. The second kappa shape index (κ2) is 7.34. The SMILES string of the molecule is COC1CN(C(=O)OC2(C)CC2)CCC1COC1CNC1.Cl. The van der Waals surface area contributed by atoms with Crippen molar-refractivity contribution in [1.29, 1.82) is 0 Å². The predicted molar refractivity (Wildman–Crippen MR) is 84.5 cm³/mol. The molecule has 128 valence electrons. The third-order valence-electron chi connectivity index (χ3n) is 4.83. The number of hydrogen-bond donors (Lipinski definition) is 1. The van der Waals surface area contributed by atoms with Crippen molar-refractivity contribution in [1.82, 2.24) is 10.2 Å². The molecule has 2 aliphatic heterocycles. The molecule has 0 bridgehead atoms. The first-order valence-corrected chi connectivity index (χ1v) is 7.93. The lowest BCUT2D eigenvalue weighted by atomic mass is 9.94. The van der Waals surface area contributed by atoms with E-state index in [0.717, 1.165) is 38.9 Å². The third-order valence-corrected chi connectivity index (χ3v) is 4.83. The van der Waals surface area contributed by atoms with Crippen LogP contribution in [0.4, 0.5) is 4.79 Å². The first-order valence-electron chi connectivity index (χ1n) is 7.93. The lowest BCUT2D eigenvalue weighted by molar-refractivity contribution is -0.0698. The summed E-state index contributed by atoms with van der Waals surface area (Å²) in [6.07, 6.45) is 3.05. The zero-order valence-electron chi connectivity index (χ0n) is 13.4. The second-order valence-corrected chi connectivity index (χ2v) is 6.70. The fourth-order valence-corrected chi connectivity index (χ4v) is 2.78. The first-order chi connectivity index (χ1) is 10.1. The van der Waals surface area contributed by atoms with Crippen LogP contribution in [-0.4, -0.2) is 68.7 Å². The number of rotatable bonds is 5. The van der Waals surface area contributed by atoms with E-state index in [1.165, 1.54) is 0 Å². The molecular weight excluding hydrogens is 308 g/mol. The summed E-state index contributed by atoms with van der Waals surface area (Å²) >= 11 is 0. The number of ether oxygens (including phenoxy) is 3. The number of methoxy groups -OCH3 is 1. The van der Waals surface area contributed by atoms with Gasteiger partial charge in [0.25, 0.3) is 0 Å². The largest absolute Gasteiger partial charge is 0.443 e. The summed E-state index contributed by atoms with van der Waals surface area (Å²) in [6, 6.07) is 0. The number of amides is 1. The number of likely N-dealkylation sites (tertiary alicyclic amines) is 1. The van der Waals surface area contributed by atoms with E-state index >= 15 is 0 Å². The molecule has 1 saturated carbocycles. The molecule has 2 unspecified atom stereocenters. The number of halogens is 1. The minimum Gasteiger partial charge on any atom is -0.443 e. The summed E-state index contributed by atoms with van der Waals surface area (Å²) in [7, 11) is 1.71. The van der Waals surface area contributed by atoms with Gasteiger partial charge in [0.1, 0.15) is 5.60 Å². The Labute approximate surface area is 138 Å². The molecule has 1 N–H and O–H groups in total. The molecule has 6 nitrogen and oxygen atoms in total. The maximum absolute atomic E-state index is 12.2. The molecule has 2 saturated heterocycles. The van der Waals surface area contributed by atoms with Crippen LogP contribution in [0.15, 0.2) is 0 Å². The molecule has 0 aromatic carbocycles. The van der Waals surface area contributed by atoms with Gasteiger partial charge in [-0.05, 0) is 26.2 Å². The first kappa shape index (κ1) is 17.8. The van der Waals surface area contributed by atoms with Gasteiger partial charge in [-0.15, -0.1) is 12.4 Å². The van der Waals surface area contributed by atoms with Crippen molar-refractivity contribution in [2.24, 2.45) is 5.92 Å². The Morgan fingerprint density at radius 1 is 1.36 bits per heavy atom. The van der Waals surface area contributed by atoms with Crippen LogP contribution in [0.3, 0.4) is 0 Å². The van der Waals surface area contributed by atoms with E-state index < -0.39 is 0 Å². The zero-order chi connectivity index (χ0) is 14.9. The van der Waals surface area contributed by atoms with Gasteiger partial charge in [0.05, 0.1) is 25.4 Å². The highest BCUT2D eigenvalue weighted by molar-refractivity contribution is 5.85. The molecule has 1 aliphatic carbocycles. The molecule has 22 heavy (non-hydrogen) atoms. The van der Waals surface area contributed by atoms with E-state index in [1.807, 2.05) is 6.92 Å². The molecule has 3 rings (SSSR count). The third kappa shape index (κ3) is 4.25. The van der Waals surface area contributed by atoms with E-state index in [1.54, 1.807) is 12.0 Å². The molecule has 0 aromatic heterocycles. The predicted octanol–water partition coefficient (Wildman–Crippen LogP) is 1.42. The normalized spacial score (nSPS) is 30.2. The summed E-state index contributed by atoms with van der Waals surface area (Å²) in [6.45, 7) is 5.92. The second-order valence-electron chi connectivity index (χ2n) is 6.70. The van der Waals surface area contributed by atoms with Crippen molar-refractivity contribution in [2.75, 3.05) is 39.9 Å². The number of carbonyl (C=O) groups is 1. The van der Waals surface area contributed by atoms with Crippen molar-refractivity contribution >= 4 is 18.5 Å². The van der Waals surface area contributed by atoms with Gasteiger partial charge in [0.2, 0.25) is 0 Å². The summed E-state index contributed by atoms with van der Waals surface area (Å²) in [5.74, 6) is 0.358. The highest BCUT2D eigenvalue weighted by Crippen LogP contribution is 2.39. The van der Waals surface area contributed by atoms with Gasteiger partial charge in [-0.25, -0.2) is 4.79 Å². The summed E-state index contributed by atoms with van der Waals surface area (Å²) in [5, 5.41) is 3.20. The van der Waals surface area contributed by atoms with Gasteiger partial charge in [-0.2, -0.15) is 0 Å². The lowest BCUT2D eigenvalue weighted by Crippen LogP contribution is -2.52. The molecule has 0 spiro atoms. The highest BCUT2D eigenvalue weighted by Gasteiger charge is 2.43. The van der Waals surface area contributed by atoms with Crippen molar-refractivity contribution in [3.63, 3.8) is 0 Å². The maximum Gasteiger partial charge on any atom is 0.410 e. The van der Waals surface area contributed by atoms with Gasteiger partial charge in [0.15, 0.2) is 0 Å². The van der Waals surface area contributed by atoms with Gasteiger partial charge in [0, 0.05) is 32.7 Å². The monoisotopic (exact) mass is 334 g/mol. The zero-order valence-corrected chi connectivity index (χ0v) is 14.2. The van der Waals surface area contributed by atoms with Crippen LogP contribution in [0.2, 0.25) is 0 Å². The molecule has 1 amide bonds. The standard InChI is InChI=1S/C15H26N2O4.ClH/c1-15(4-5-15)21-14(18)17-6-3-11(13(9-17)19-2)10-20-12-7-16-8-12;/h11-13,16H,3-10H2,1-2H3;1H. The van der Waals surface area contributed by atoms with Crippen LogP contribution in [0, 0.1) is 5.92 Å². The van der Waals surface area contributed by atoms with Crippen LogP contribution < -0.4 is 5.32 Å². The smallest absolute Gasteiger partial charge is 0.410 e. The number of carbonyl (C=O) groups excluding carboxylic acids is 1. The molecule has 2 heterocycles. The van der Waals surface area contributed by atoms with Crippen molar-refractivity contribution in [2.45, 2.75) is 44.0 Å². The summed E-state index contributed by atoms with van der Waals surface area (Å²) in [5.41, 5.74) is -0.211. The summed E-state index contributed by atoms with van der Waals surface area (Å²) < 4.78 is 17.0. The average Bonchev–Trinajstić information content (AvgIpc) is 3.14.